The Kier molecular flexibility index (Phi) is 2.82. The van der Waals surface area contributed by atoms with E-state index in [1.165, 1.54) is 23.5 Å². The average Bonchev–Trinajstić information content (AvgIpc) is 3.00. The molecular formula is C13H16N2O2. The second-order valence-electron chi connectivity index (χ2n) is 4.51. The molecule has 2 heterocycles. The molecule has 0 aromatic heterocycles. The van der Waals surface area contributed by atoms with Gasteiger partial charge in [-0.15, -0.1) is 0 Å². The summed E-state index contributed by atoms with van der Waals surface area (Å²) in [6.45, 7) is 1.59. The summed E-state index contributed by atoms with van der Waals surface area (Å²) in [6.07, 6.45) is 2.91. The van der Waals surface area contributed by atoms with Crippen molar-refractivity contribution in [3.05, 3.63) is 29.8 Å². The van der Waals surface area contributed by atoms with Gasteiger partial charge in [-0.1, -0.05) is 12.1 Å². The fourth-order valence-corrected chi connectivity index (χ4v) is 2.43. The van der Waals surface area contributed by atoms with Crippen LogP contribution in [0.5, 0.6) is 0 Å². The van der Waals surface area contributed by atoms with Crippen LogP contribution in [-0.2, 0) is 9.63 Å². The smallest absolute Gasteiger partial charge is 0.253 e. The lowest BCUT2D eigenvalue weighted by Gasteiger charge is -2.16. The van der Waals surface area contributed by atoms with E-state index in [0.29, 0.717) is 19.1 Å². The van der Waals surface area contributed by atoms with Crippen molar-refractivity contribution in [1.82, 2.24) is 5.32 Å². The number of carbonyl (C=O) groups excluding carboxylic acids is 1. The molecule has 2 fully saturated rings. The molecule has 2 aliphatic heterocycles. The molecule has 0 aliphatic carbocycles. The molecule has 0 bridgehead atoms. The predicted molar refractivity (Wildman–Crippen MR) is 64.5 cm³/mol. The highest BCUT2D eigenvalue weighted by molar-refractivity contribution is 5.92. The summed E-state index contributed by atoms with van der Waals surface area (Å²) < 4.78 is 0. The number of anilines is 1. The maximum absolute atomic E-state index is 11.5. The second kappa shape index (κ2) is 4.47. The van der Waals surface area contributed by atoms with Gasteiger partial charge in [0.15, 0.2) is 0 Å². The Bertz CT molecular complexity index is 410. The van der Waals surface area contributed by atoms with E-state index in [4.69, 9.17) is 4.84 Å². The molecule has 3 rings (SSSR count). The van der Waals surface area contributed by atoms with Gasteiger partial charge < -0.3 is 5.32 Å². The summed E-state index contributed by atoms with van der Waals surface area (Å²) in [6, 6.07) is 8.54. The summed E-state index contributed by atoms with van der Waals surface area (Å²) in [7, 11) is 0. The number of hydrogen-bond donors (Lipinski definition) is 1. The van der Waals surface area contributed by atoms with E-state index in [1.807, 2.05) is 12.1 Å². The summed E-state index contributed by atoms with van der Waals surface area (Å²) in [4.78, 5) is 16.8. The van der Waals surface area contributed by atoms with Crippen LogP contribution in [0.15, 0.2) is 24.3 Å². The van der Waals surface area contributed by atoms with Crippen molar-refractivity contribution < 1.29 is 9.63 Å². The first-order valence-electron chi connectivity index (χ1n) is 6.14. The number of benzene rings is 1. The lowest BCUT2D eigenvalue weighted by Crippen LogP contribution is -2.22. The minimum absolute atomic E-state index is 0.0386. The molecule has 0 saturated carbocycles. The molecule has 90 valence electrons. The Balaban J connectivity index is 1.77. The molecule has 2 saturated heterocycles. The van der Waals surface area contributed by atoms with Gasteiger partial charge in [0.1, 0.15) is 0 Å². The van der Waals surface area contributed by atoms with E-state index in [9.17, 15) is 4.79 Å². The Morgan fingerprint density at radius 1 is 1.29 bits per heavy atom. The molecule has 1 amide bonds. The SMILES string of the molecule is O=C1CCON1c1ccc(C2CCCN2)cc1. The molecule has 2 aliphatic rings. The van der Waals surface area contributed by atoms with E-state index in [0.717, 1.165) is 12.2 Å². The van der Waals surface area contributed by atoms with Crippen molar-refractivity contribution in [2.45, 2.75) is 25.3 Å². The lowest BCUT2D eigenvalue weighted by atomic mass is 10.1. The van der Waals surface area contributed by atoms with E-state index < -0.39 is 0 Å². The molecule has 1 aromatic rings. The number of nitrogens with zero attached hydrogens (tertiary/aromatic N) is 1. The molecule has 4 heteroatoms. The van der Waals surface area contributed by atoms with Gasteiger partial charge in [0.05, 0.1) is 18.7 Å². The summed E-state index contributed by atoms with van der Waals surface area (Å²) in [5.41, 5.74) is 2.12. The summed E-state index contributed by atoms with van der Waals surface area (Å²) in [5, 5.41) is 4.85. The van der Waals surface area contributed by atoms with Crippen LogP contribution in [0.25, 0.3) is 0 Å². The largest absolute Gasteiger partial charge is 0.310 e. The molecule has 1 aromatic carbocycles. The van der Waals surface area contributed by atoms with Crippen molar-refractivity contribution in [3.63, 3.8) is 0 Å². The van der Waals surface area contributed by atoms with Crippen molar-refractivity contribution in [3.8, 4) is 0 Å². The maximum atomic E-state index is 11.5. The number of amides is 1. The highest BCUT2D eigenvalue weighted by Crippen LogP contribution is 2.26. The Morgan fingerprint density at radius 3 is 2.71 bits per heavy atom. The zero-order valence-electron chi connectivity index (χ0n) is 9.69. The van der Waals surface area contributed by atoms with Crippen LogP contribution in [-0.4, -0.2) is 19.1 Å². The molecule has 1 atom stereocenters. The number of hydrogen-bond acceptors (Lipinski definition) is 3. The van der Waals surface area contributed by atoms with Crippen LogP contribution in [0.4, 0.5) is 5.69 Å². The van der Waals surface area contributed by atoms with E-state index in [2.05, 4.69) is 17.4 Å². The Hall–Kier alpha value is -1.39. The molecule has 17 heavy (non-hydrogen) atoms. The number of carbonyl (C=O) groups is 1. The monoisotopic (exact) mass is 232 g/mol. The van der Waals surface area contributed by atoms with Crippen molar-refractivity contribution in [2.24, 2.45) is 0 Å². The van der Waals surface area contributed by atoms with Gasteiger partial charge in [-0.05, 0) is 37.1 Å². The highest BCUT2D eigenvalue weighted by atomic mass is 16.7. The minimum atomic E-state index is 0.0386. The lowest BCUT2D eigenvalue weighted by molar-refractivity contribution is -0.119. The van der Waals surface area contributed by atoms with Gasteiger partial charge in [0.2, 0.25) is 0 Å². The molecule has 1 unspecified atom stereocenters. The summed E-state index contributed by atoms with van der Waals surface area (Å²) >= 11 is 0. The first-order chi connectivity index (χ1) is 8.34. The molecular weight excluding hydrogens is 216 g/mol. The van der Waals surface area contributed by atoms with Gasteiger partial charge in [-0.2, -0.15) is 5.06 Å². The predicted octanol–water partition coefficient (Wildman–Crippen LogP) is 1.78. The first-order valence-corrected chi connectivity index (χ1v) is 6.14. The second-order valence-corrected chi connectivity index (χ2v) is 4.51. The Labute approximate surface area is 101 Å². The van der Waals surface area contributed by atoms with Crippen LogP contribution in [0.3, 0.4) is 0 Å². The van der Waals surface area contributed by atoms with Crippen molar-refractivity contribution >= 4 is 11.6 Å². The molecule has 4 nitrogen and oxygen atoms in total. The van der Waals surface area contributed by atoms with Gasteiger partial charge >= 0.3 is 0 Å². The first kappa shape index (κ1) is 10.7. The minimum Gasteiger partial charge on any atom is -0.310 e. The normalized spacial score (nSPS) is 24.6. The third kappa shape index (κ3) is 2.06. The number of rotatable bonds is 2. The quantitative estimate of drug-likeness (QED) is 0.845. The third-order valence-electron chi connectivity index (χ3n) is 3.35. The van der Waals surface area contributed by atoms with Crippen LogP contribution in [0.1, 0.15) is 30.9 Å². The molecule has 0 radical (unpaired) electrons. The highest BCUT2D eigenvalue weighted by Gasteiger charge is 2.23. The molecule has 1 N–H and O–H groups in total. The van der Waals surface area contributed by atoms with Crippen LogP contribution in [0, 0.1) is 0 Å². The van der Waals surface area contributed by atoms with Gasteiger partial charge in [-0.3, -0.25) is 9.63 Å². The van der Waals surface area contributed by atoms with E-state index in [1.54, 1.807) is 0 Å². The number of nitrogens with one attached hydrogen (secondary N) is 1. The van der Waals surface area contributed by atoms with Crippen LogP contribution >= 0.6 is 0 Å². The van der Waals surface area contributed by atoms with Crippen LogP contribution in [0.2, 0.25) is 0 Å². The average molecular weight is 232 g/mol. The topological polar surface area (TPSA) is 41.6 Å². The van der Waals surface area contributed by atoms with Crippen molar-refractivity contribution in [1.29, 1.82) is 0 Å². The van der Waals surface area contributed by atoms with Gasteiger partial charge in [0, 0.05) is 6.04 Å². The van der Waals surface area contributed by atoms with Crippen LogP contribution < -0.4 is 10.4 Å². The fraction of sp³-hybridized carbons (Fsp3) is 0.462. The summed E-state index contributed by atoms with van der Waals surface area (Å²) in [5.74, 6) is 0.0386. The van der Waals surface area contributed by atoms with Gasteiger partial charge in [0.25, 0.3) is 5.91 Å². The van der Waals surface area contributed by atoms with E-state index >= 15 is 0 Å². The zero-order chi connectivity index (χ0) is 11.7. The maximum Gasteiger partial charge on any atom is 0.253 e. The van der Waals surface area contributed by atoms with Gasteiger partial charge in [-0.25, -0.2) is 0 Å². The zero-order valence-corrected chi connectivity index (χ0v) is 9.69. The third-order valence-corrected chi connectivity index (χ3v) is 3.35. The Morgan fingerprint density at radius 2 is 2.12 bits per heavy atom. The number of hydroxylamine groups is 1. The molecule has 0 spiro atoms. The fourth-order valence-electron chi connectivity index (χ4n) is 2.43. The standard InChI is InChI=1S/C13H16N2O2/c16-13-7-9-17-15(13)11-5-3-10(4-6-11)12-2-1-8-14-12/h3-6,12,14H,1-2,7-9H2. The van der Waals surface area contributed by atoms with Crippen molar-refractivity contribution in [2.75, 3.05) is 18.2 Å². The van der Waals surface area contributed by atoms with E-state index in [-0.39, 0.29) is 5.91 Å².